The van der Waals surface area contributed by atoms with Crippen LogP contribution in [0.15, 0.2) is 47.4 Å². The van der Waals surface area contributed by atoms with Gasteiger partial charge in [-0.15, -0.1) is 11.8 Å². The Morgan fingerprint density at radius 3 is 2.71 bits per heavy atom. The van der Waals surface area contributed by atoms with Crippen molar-refractivity contribution in [2.75, 3.05) is 24.8 Å². The highest BCUT2D eigenvalue weighted by Crippen LogP contribution is 2.30. The largest absolute Gasteiger partial charge is 0.493 e. The Kier molecular flexibility index (Phi) is 6.81. The first-order valence-corrected chi connectivity index (χ1v) is 8.66. The van der Waals surface area contributed by atoms with Gasteiger partial charge in [0.2, 0.25) is 5.91 Å². The lowest BCUT2D eigenvalue weighted by Crippen LogP contribution is -2.13. The highest BCUT2D eigenvalue weighted by Gasteiger charge is 2.07. The van der Waals surface area contributed by atoms with Crippen molar-refractivity contribution in [3.8, 4) is 11.5 Å². The number of nitrogens with one attached hydrogen (secondary N) is 1. The van der Waals surface area contributed by atoms with Gasteiger partial charge in [0.25, 0.3) is 0 Å². The smallest absolute Gasteiger partial charge is 0.227 e. The number of nitrogens with two attached hydrogens (primary N) is 1. The second-order valence-corrected chi connectivity index (χ2v) is 6.04. The lowest BCUT2D eigenvalue weighted by Gasteiger charge is -2.14. The molecule has 0 atom stereocenters. The van der Waals surface area contributed by atoms with Crippen molar-refractivity contribution in [1.29, 1.82) is 0 Å². The van der Waals surface area contributed by atoms with Crippen LogP contribution in [0.25, 0.3) is 0 Å². The second kappa shape index (κ2) is 9.08. The molecule has 0 radical (unpaired) electrons. The average Bonchev–Trinajstić information content (AvgIpc) is 2.59. The van der Waals surface area contributed by atoms with E-state index in [9.17, 15) is 4.79 Å². The number of para-hydroxylation sites is 1. The lowest BCUT2D eigenvalue weighted by molar-refractivity contribution is -0.115. The van der Waals surface area contributed by atoms with Gasteiger partial charge in [-0.05, 0) is 36.8 Å². The number of primary amides is 1. The van der Waals surface area contributed by atoms with E-state index in [1.54, 1.807) is 7.11 Å². The molecule has 24 heavy (non-hydrogen) atoms. The van der Waals surface area contributed by atoms with E-state index >= 15 is 0 Å². The van der Waals surface area contributed by atoms with E-state index in [0.29, 0.717) is 13.2 Å². The van der Waals surface area contributed by atoms with Gasteiger partial charge in [-0.2, -0.15) is 0 Å². The van der Waals surface area contributed by atoms with Crippen molar-refractivity contribution in [3.05, 3.63) is 48.0 Å². The summed E-state index contributed by atoms with van der Waals surface area (Å²) < 4.78 is 10.9. The van der Waals surface area contributed by atoms with Crippen LogP contribution in [0.2, 0.25) is 0 Å². The maximum atomic E-state index is 11.0. The molecule has 0 heterocycles. The number of hydrogen-bond acceptors (Lipinski definition) is 5. The van der Waals surface area contributed by atoms with Crippen molar-refractivity contribution in [2.45, 2.75) is 18.4 Å². The fourth-order valence-corrected chi connectivity index (χ4v) is 2.95. The maximum Gasteiger partial charge on any atom is 0.227 e. The number of carbonyl (C=O) groups excluding carboxylic acids is 1. The molecule has 0 aliphatic heterocycles. The number of carbonyl (C=O) groups is 1. The van der Waals surface area contributed by atoms with Gasteiger partial charge >= 0.3 is 0 Å². The molecule has 128 valence electrons. The van der Waals surface area contributed by atoms with Crippen LogP contribution in [-0.4, -0.2) is 25.4 Å². The van der Waals surface area contributed by atoms with Gasteiger partial charge in [0.15, 0.2) is 11.5 Å². The van der Waals surface area contributed by atoms with Crippen molar-refractivity contribution < 1.29 is 14.3 Å². The van der Waals surface area contributed by atoms with Crippen LogP contribution in [-0.2, 0) is 11.3 Å². The summed E-state index contributed by atoms with van der Waals surface area (Å²) in [7, 11) is 1.63. The lowest BCUT2D eigenvalue weighted by atomic mass is 10.2. The summed E-state index contributed by atoms with van der Waals surface area (Å²) in [5.74, 6) is 1.38. The van der Waals surface area contributed by atoms with Gasteiger partial charge < -0.3 is 20.5 Å². The van der Waals surface area contributed by atoms with E-state index in [1.807, 2.05) is 49.4 Å². The zero-order valence-corrected chi connectivity index (χ0v) is 14.7. The molecule has 2 rings (SSSR count). The predicted molar refractivity (Wildman–Crippen MR) is 97.9 cm³/mol. The third-order valence-corrected chi connectivity index (χ3v) is 4.36. The van der Waals surface area contributed by atoms with E-state index in [0.717, 1.165) is 27.6 Å². The van der Waals surface area contributed by atoms with Crippen molar-refractivity contribution in [2.24, 2.45) is 5.73 Å². The van der Waals surface area contributed by atoms with Gasteiger partial charge in [-0.1, -0.05) is 18.2 Å². The van der Waals surface area contributed by atoms with Crippen LogP contribution >= 0.6 is 11.8 Å². The number of amides is 1. The first kappa shape index (κ1) is 18.0. The summed E-state index contributed by atoms with van der Waals surface area (Å²) in [5, 5.41) is 3.39. The van der Waals surface area contributed by atoms with E-state index in [-0.39, 0.29) is 11.7 Å². The van der Waals surface area contributed by atoms with Crippen LogP contribution in [0.4, 0.5) is 5.69 Å². The number of thioether (sulfide) groups is 1. The number of rotatable bonds is 9. The van der Waals surface area contributed by atoms with Gasteiger partial charge in [-0.25, -0.2) is 0 Å². The topological polar surface area (TPSA) is 73.6 Å². The van der Waals surface area contributed by atoms with Gasteiger partial charge in [0, 0.05) is 17.1 Å². The molecule has 0 aliphatic carbocycles. The Morgan fingerprint density at radius 2 is 2.00 bits per heavy atom. The Balaban J connectivity index is 2.08. The normalized spacial score (nSPS) is 10.2. The van der Waals surface area contributed by atoms with Crippen LogP contribution in [0.1, 0.15) is 12.5 Å². The van der Waals surface area contributed by atoms with Crippen LogP contribution in [0, 0.1) is 0 Å². The highest BCUT2D eigenvalue weighted by atomic mass is 32.2. The van der Waals surface area contributed by atoms with Gasteiger partial charge in [-0.3, -0.25) is 4.79 Å². The minimum absolute atomic E-state index is 0.260. The summed E-state index contributed by atoms with van der Waals surface area (Å²) in [4.78, 5) is 12.0. The van der Waals surface area contributed by atoms with E-state index in [4.69, 9.17) is 15.2 Å². The summed E-state index contributed by atoms with van der Waals surface area (Å²) >= 11 is 1.43. The first-order valence-electron chi connectivity index (χ1n) is 7.67. The Hall–Kier alpha value is -2.34. The number of ether oxygens (including phenoxy) is 2. The summed E-state index contributed by atoms with van der Waals surface area (Å²) in [6.45, 7) is 3.16. The molecule has 0 saturated heterocycles. The Morgan fingerprint density at radius 1 is 1.21 bits per heavy atom. The van der Waals surface area contributed by atoms with Gasteiger partial charge in [0.1, 0.15) is 0 Å². The zero-order chi connectivity index (χ0) is 17.4. The first-order chi connectivity index (χ1) is 11.6. The van der Waals surface area contributed by atoms with Crippen LogP contribution in [0.3, 0.4) is 0 Å². The van der Waals surface area contributed by atoms with E-state index in [1.165, 1.54) is 11.8 Å². The number of hydrogen-bond donors (Lipinski definition) is 2. The van der Waals surface area contributed by atoms with Crippen LogP contribution in [0.5, 0.6) is 11.5 Å². The van der Waals surface area contributed by atoms with E-state index in [2.05, 4.69) is 5.32 Å². The molecule has 0 fully saturated rings. The molecule has 3 N–H and O–H groups in total. The number of anilines is 1. The minimum atomic E-state index is -0.327. The third-order valence-electron chi connectivity index (χ3n) is 3.27. The SMILES string of the molecule is CCOc1cc(CNc2ccccc2SCC(N)=O)ccc1OC. The second-order valence-electron chi connectivity index (χ2n) is 5.02. The molecule has 5 nitrogen and oxygen atoms in total. The summed E-state index contributed by atoms with van der Waals surface area (Å²) in [5.41, 5.74) is 7.27. The van der Waals surface area contributed by atoms with Crippen molar-refractivity contribution in [3.63, 3.8) is 0 Å². The Labute approximate surface area is 146 Å². The predicted octanol–water partition coefficient (Wildman–Crippen LogP) is 3.28. The van der Waals surface area contributed by atoms with Gasteiger partial charge in [0.05, 0.1) is 19.5 Å². The molecule has 1 amide bonds. The monoisotopic (exact) mass is 346 g/mol. The fraction of sp³-hybridized carbons (Fsp3) is 0.278. The fourth-order valence-electron chi connectivity index (χ4n) is 2.18. The van der Waals surface area contributed by atoms with E-state index < -0.39 is 0 Å². The molecule has 2 aromatic rings. The number of methoxy groups -OCH3 is 1. The summed E-state index contributed by atoms with van der Waals surface area (Å²) in [6, 6.07) is 13.7. The maximum absolute atomic E-state index is 11.0. The summed E-state index contributed by atoms with van der Waals surface area (Å²) in [6.07, 6.45) is 0. The molecule has 0 bridgehead atoms. The minimum Gasteiger partial charge on any atom is -0.493 e. The molecule has 0 unspecified atom stereocenters. The number of benzene rings is 2. The average molecular weight is 346 g/mol. The van der Waals surface area contributed by atoms with Crippen molar-refractivity contribution >= 4 is 23.4 Å². The zero-order valence-electron chi connectivity index (χ0n) is 13.9. The Bertz CT molecular complexity index is 692. The molecule has 0 aromatic heterocycles. The molecular weight excluding hydrogens is 324 g/mol. The van der Waals surface area contributed by atoms with Crippen molar-refractivity contribution in [1.82, 2.24) is 0 Å². The molecule has 0 aliphatic rings. The molecule has 0 saturated carbocycles. The molecule has 0 spiro atoms. The quantitative estimate of drug-likeness (QED) is 0.682. The standard InChI is InChI=1S/C18H22N2O3S/c1-3-23-16-10-13(8-9-15(16)22-2)11-20-14-6-4-5-7-17(14)24-12-18(19)21/h4-10,20H,3,11-12H2,1-2H3,(H2,19,21). The molecular formula is C18H22N2O3S. The van der Waals surface area contributed by atoms with Crippen LogP contribution < -0.4 is 20.5 Å². The third kappa shape index (κ3) is 5.09. The molecule has 2 aromatic carbocycles. The molecule has 6 heteroatoms. The highest BCUT2D eigenvalue weighted by molar-refractivity contribution is 8.00.